The summed E-state index contributed by atoms with van der Waals surface area (Å²) in [7, 11) is 1.27. The highest BCUT2D eigenvalue weighted by Crippen LogP contribution is 2.21. The van der Waals surface area contributed by atoms with Crippen molar-refractivity contribution in [1.29, 1.82) is 0 Å². The van der Waals surface area contributed by atoms with Crippen molar-refractivity contribution in [3.63, 3.8) is 0 Å². The lowest BCUT2D eigenvalue weighted by Crippen LogP contribution is -2.25. The third-order valence-corrected chi connectivity index (χ3v) is 2.31. The van der Waals surface area contributed by atoms with Crippen molar-refractivity contribution in [2.24, 2.45) is 5.73 Å². The number of hydrogen-bond acceptors (Lipinski definition) is 4. The number of halogens is 1. The zero-order valence-corrected chi connectivity index (χ0v) is 10.1. The van der Waals surface area contributed by atoms with E-state index in [-0.39, 0.29) is 11.8 Å². The van der Waals surface area contributed by atoms with Crippen LogP contribution in [0.25, 0.3) is 0 Å². The second kappa shape index (κ2) is 5.63. The van der Waals surface area contributed by atoms with E-state index in [9.17, 15) is 9.18 Å². The number of hydrogen-bond donors (Lipinski definition) is 1. The molecule has 4 nitrogen and oxygen atoms in total. The second-order valence-corrected chi connectivity index (χ2v) is 3.76. The maximum absolute atomic E-state index is 13.6. The average Bonchev–Trinajstić information content (AvgIpc) is 2.27. The monoisotopic (exact) mass is 241 g/mol. The lowest BCUT2D eigenvalue weighted by atomic mass is 10.1. The van der Waals surface area contributed by atoms with Gasteiger partial charge in [0.1, 0.15) is 11.6 Å². The van der Waals surface area contributed by atoms with Crippen LogP contribution in [0.2, 0.25) is 0 Å². The summed E-state index contributed by atoms with van der Waals surface area (Å²) in [5.41, 5.74) is 5.99. The van der Waals surface area contributed by atoms with Gasteiger partial charge in [-0.3, -0.25) is 0 Å². The molecular weight excluding hydrogens is 225 g/mol. The Kier molecular flexibility index (Phi) is 4.45. The molecule has 1 rings (SSSR count). The number of carbonyl (C=O) groups is 1. The minimum atomic E-state index is -0.777. The van der Waals surface area contributed by atoms with E-state index in [1.54, 1.807) is 19.1 Å². The van der Waals surface area contributed by atoms with Crippen molar-refractivity contribution in [2.75, 3.05) is 7.11 Å². The summed E-state index contributed by atoms with van der Waals surface area (Å²) in [5.74, 6) is -0.693. The molecule has 2 N–H and O–H groups in total. The van der Waals surface area contributed by atoms with Gasteiger partial charge in [0.05, 0.1) is 7.11 Å². The van der Waals surface area contributed by atoms with Gasteiger partial charge in [0, 0.05) is 17.7 Å². The van der Waals surface area contributed by atoms with Crippen LogP contribution in [-0.4, -0.2) is 19.2 Å². The van der Waals surface area contributed by atoms with E-state index in [1.807, 2.05) is 0 Å². The smallest absolute Gasteiger partial charge is 0.346 e. The minimum absolute atomic E-state index is 0.268. The van der Waals surface area contributed by atoms with Crippen LogP contribution in [0.4, 0.5) is 4.39 Å². The predicted molar refractivity (Wildman–Crippen MR) is 61.1 cm³/mol. The molecule has 1 aromatic carbocycles. The Labute approximate surface area is 99.5 Å². The fourth-order valence-electron chi connectivity index (χ4n) is 1.37. The molecule has 0 saturated carbocycles. The third kappa shape index (κ3) is 3.42. The zero-order chi connectivity index (χ0) is 13.0. The Morgan fingerprint density at radius 2 is 2.06 bits per heavy atom. The van der Waals surface area contributed by atoms with E-state index in [4.69, 9.17) is 10.5 Å². The van der Waals surface area contributed by atoms with Crippen LogP contribution in [0, 0.1) is 5.82 Å². The molecule has 94 valence electrons. The first-order chi connectivity index (χ1) is 7.95. The molecule has 2 atom stereocenters. The van der Waals surface area contributed by atoms with Crippen molar-refractivity contribution in [3.8, 4) is 5.75 Å². The summed E-state index contributed by atoms with van der Waals surface area (Å²) in [6.07, 6.45) is -0.777. The number of methoxy groups -OCH3 is 1. The van der Waals surface area contributed by atoms with Crippen LogP contribution in [0.15, 0.2) is 18.2 Å². The molecule has 1 aromatic rings. The first kappa shape index (κ1) is 13.4. The van der Waals surface area contributed by atoms with E-state index in [1.165, 1.54) is 20.1 Å². The van der Waals surface area contributed by atoms with Gasteiger partial charge in [-0.15, -0.1) is 0 Å². The van der Waals surface area contributed by atoms with Crippen molar-refractivity contribution in [1.82, 2.24) is 0 Å². The van der Waals surface area contributed by atoms with E-state index in [0.717, 1.165) is 0 Å². The molecule has 5 heteroatoms. The third-order valence-electron chi connectivity index (χ3n) is 2.31. The van der Waals surface area contributed by atoms with Crippen LogP contribution >= 0.6 is 0 Å². The molecule has 17 heavy (non-hydrogen) atoms. The first-order valence-corrected chi connectivity index (χ1v) is 5.25. The van der Waals surface area contributed by atoms with Gasteiger partial charge in [0.15, 0.2) is 6.10 Å². The van der Waals surface area contributed by atoms with E-state index in [2.05, 4.69) is 4.74 Å². The van der Waals surface area contributed by atoms with Gasteiger partial charge in [-0.05, 0) is 19.9 Å². The van der Waals surface area contributed by atoms with Crippen LogP contribution in [0.3, 0.4) is 0 Å². The Morgan fingerprint density at radius 3 is 2.53 bits per heavy atom. The predicted octanol–water partition coefficient (Wildman–Crippen LogP) is 1.79. The topological polar surface area (TPSA) is 61.5 Å². The van der Waals surface area contributed by atoms with E-state index >= 15 is 0 Å². The van der Waals surface area contributed by atoms with Gasteiger partial charge >= 0.3 is 5.97 Å². The van der Waals surface area contributed by atoms with Gasteiger partial charge < -0.3 is 15.2 Å². The highest BCUT2D eigenvalue weighted by molar-refractivity contribution is 5.74. The summed E-state index contributed by atoms with van der Waals surface area (Å²) in [5, 5.41) is 0. The number of nitrogens with two attached hydrogens (primary N) is 1. The number of ether oxygens (including phenoxy) is 2. The van der Waals surface area contributed by atoms with E-state index < -0.39 is 17.9 Å². The molecule has 0 heterocycles. The molecule has 0 fully saturated rings. The summed E-state index contributed by atoms with van der Waals surface area (Å²) in [4.78, 5) is 11.1. The van der Waals surface area contributed by atoms with Gasteiger partial charge in [0.2, 0.25) is 0 Å². The summed E-state index contributed by atoms with van der Waals surface area (Å²) >= 11 is 0. The molecule has 0 spiro atoms. The normalized spacial score (nSPS) is 13.9. The lowest BCUT2D eigenvalue weighted by molar-refractivity contribution is -0.147. The maximum atomic E-state index is 13.6. The Hall–Kier alpha value is -1.62. The number of rotatable bonds is 4. The molecular formula is C12H16FNO3. The zero-order valence-electron chi connectivity index (χ0n) is 10.1. The van der Waals surface area contributed by atoms with Gasteiger partial charge in [0.25, 0.3) is 0 Å². The Morgan fingerprint density at radius 1 is 1.41 bits per heavy atom. The molecule has 0 saturated heterocycles. The summed E-state index contributed by atoms with van der Waals surface area (Å²) < 4.78 is 23.3. The van der Waals surface area contributed by atoms with Gasteiger partial charge in [-0.1, -0.05) is 6.07 Å². The number of esters is 1. The molecule has 2 unspecified atom stereocenters. The fourth-order valence-corrected chi connectivity index (χ4v) is 1.37. The van der Waals surface area contributed by atoms with Gasteiger partial charge in [-0.2, -0.15) is 0 Å². The van der Waals surface area contributed by atoms with Gasteiger partial charge in [-0.25, -0.2) is 9.18 Å². The van der Waals surface area contributed by atoms with Crippen LogP contribution in [0.5, 0.6) is 5.75 Å². The number of benzene rings is 1. The van der Waals surface area contributed by atoms with Crippen LogP contribution < -0.4 is 10.5 Å². The lowest BCUT2D eigenvalue weighted by Gasteiger charge is -2.14. The number of carbonyl (C=O) groups excluding carboxylic acids is 1. The molecule has 0 amide bonds. The van der Waals surface area contributed by atoms with Crippen molar-refractivity contribution < 1.29 is 18.7 Å². The summed E-state index contributed by atoms with van der Waals surface area (Å²) in [6, 6.07) is 3.93. The van der Waals surface area contributed by atoms with Crippen LogP contribution in [-0.2, 0) is 9.53 Å². The fraction of sp³-hybridized carbons (Fsp3) is 0.417. The molecule has 0 aromatic heterocycles. The largest absolute Gasteiger partial charge is 0.479 e. The molecule has 0 aliphatic carbocycles. The highest BCUT2D eigenvalue weighted by Gasteiger charge is 2.16. The van der Waals surface area contributed by atoms with Crippen molar-refractivity contribution in [2.45, 2.75) is 26.0 Å². The first-order valence-electron chi connectivity index (χ1n) is 5.25. The van der Waals surface area contributed by atoms with Crippen molar-refractivity contribution in [3.05, 3.63) is 29.6 Å². The summed E-state index contributed by atoms with van der Waals surface area (Å²) in [6.45, 7) is 3.22. The average molecular weight is 241 g/mol. The molecule has 0 aliphatic heterocycles. The quantitative estimate of drug-likeness (QED) is 0.816. The minimum Gasteiger partial charge on any atom is -0.479 e. The molecule has 0 bridgehead atoms. The standard InChI is InChI=1S/C12H16FNO3/c1-7(14)10-5-4-9(6-11(10)13)17-8(2)12(15)16-3/h4-8H,14H2,1-3H3. The maximum Gasteiger partial charge on any atom is 0.346 e. The molecule has 0 aliphatic rings. The second-order valence-electron chi connectivity index (χ2n) is 3.76. The molecule has 0 radical (unpaired) electrons. The van der Waals surface area contributed by atoms with E-state index in [0.29, 0.717) is 5.56 Å². The SMILES string of the molecule is COC(=O)C(C)Oc1ccc(C(C)N)c(F)c1. The van der Waals surface area contributed by atoms with Crippen molar-refractivity contribution >= 4 is 5.97 Å². The van der Waals surface area contributed by atoms with Crippen LogP contribution in [0.1, 0.15) is 25.5 Å². The Bertz CT molecular complexity index is 407. The highest BCUT2D eigenvalue weighted by atomic mass is 19.1. The Balaban J connectivity index is 2.81.